The normalized spacial score (nSPS) is 11.6. The Kier molecular flexibility index (Phi) is 7.28. The van der Waals surface area contributed by atoms with E-state index in [1.54, 1.807) is 11.7 Å². The smallest absolute Gasteiger partial charge is 0.254 e. The molecule has 1 heterocycles. The monoisotopic (exact) mass is 386 g/mol. The van der Waals surface area contributed by atoms with Crippen molar-refractivity contribution in [1.29, 1.82) is 0 Å². The van der Waals surface area contributed by atoms with Gasteiger partial charge in [-0.2, -0.15) is 0 Å². The van der Waals surface area contributed by atoms with E-state index in [1.807, 2.05) is 36.1 Å². The zero-order valence-electron chi connectivity index (χ0n) is 18.2. The van der Waals surface area contributed by atoms with Crippen LogP contribution in [-0.2, 0) is 17.8 Å². The molecule has 2 aromatic rings. The van der Waals surface area contributed by atoms with Gasteiger partial charge >= 0.3 is 0 Å². The molecule has 0 atom stereocenters. The number of benzene rings is 1. The molecule has 0 N–H and O–H groups in total. The van der Waals surface area contributed by atoms with Crippen LogP contribution >= 0.6 is 0 Å². The van der Waals surface area contributed by atoms with Crippen LogP contribution in [0.15, 0.2) is 29.1 Å². The minimum absolute atomic E-state index is 0.00873. The second-order valence-electron chi connectivity index (χ2n) is 8.53. The second-order valence-corrected chi connectivity index (χ2v) is 8.53. The molecule has 5 heteroatoms. The van der Waals surface area contributed by atoms with E-state index in [1.165, 1.54) is 0 Å². The standard InChI is InChI=1S/C23H34N2O3/c1-7-12-24(13-11-23(3,4)5)21(26)16-25-20-15-19(28-6)10-9-18(20)14-17(8-2)22(25)27/h9-10,14-15H,7-8,11-13,16H2,1-6H3. The van der Waals surface area contributed by atoms with Crippen LogP contribution in [-0.4, -0.2) is 35.6 Å². The maximum Gasteiger partial charge on any atom is 0.254 e. The number of nitrogens with zero attached hydrogens (tertiary/aromatic N) is 2. The number of rotatable bonds is 8. The highest BCUT2D eigenvalue weighted by Gasteiger charge is 2.19. The first-order valence-corrected chi connectivity index (χ1v) is 10.2. The molecule has 0 fully saturated rings. The molecule has 2 rings (SSSR count). The van der Waals surface area contributed by atoms with Crippen molar-refractivity contribution in [2.75, 3.05) is 20.2 Å². The Balaban J connectivity index is 2.42. The van der Waals surface area contributed by atoms with Gasteiger partial charge in [0.05, 0.1) is 12.6 Å². The number of pyridine rings is 1. The molecule has 5 nitrogen and oxygen atoms in total. The highest BCUT2D eigenvalue weighted by molar-refractivity contribution is 5.84. The Labute approximate surface area is 168 Å². The van der Waals surface area contributed by atoms with Gasteiger partial charge in [0.2, 0.25) is 5.91 Å². The molecule has 0 spiro atoms. The summed E-state index contributed by atoms with van der Waals surface area (Å²) in [6.07, 6.45) is 2.46. The number of hydrogen-bond donors (Lipinski definition) is 0. The van der Waals surface area contributed by atoms with E-state index in [0.29, 0.717) is 25.3 Å². The van der Waals surface area contributed by atoms with Crippen LogP contribution in [0.25, 0.3) is 10.9 Å². The van der Waals surface area contributed by atoms with Crippen molar-refractivity contribution in [3.05, 3.63) is 40.2 Å². The highest BCUT2D eigenvalue weighted by atomic mass is 16.5. The van der Waals surface area contributed by atoms with E-state index in [0.717, 1.165) is 29.3 Å². The SMILES string of the molecule is CCCN(CCC(C)(C)C)C(=O)Cn1c(=O)c(CC)cc2ccc(OC)cc21. The Hall–Kier alpha value is -2.30. The van der Waals surface area contributed by atoms with Crippen LogP contribution in [0.5, 0.6) is 5.75 Å². The van der Waals surface area contributed by atoms with Gasteiger partial charge in [-0.05, 0) is 48.3 Å². The first-order valence-electron chi connectivity index (χ1n) is 10.2. The minimum atomic E-state index is -0.0936. The zero-order valence-corrected chi connectivity index (χ0v) is 18.2. The molecule has 1 aromatic heterocycles. The van der Waals surface area contributed by atoms with Crippen molar-refractivity contribution in [1.82, 2.24) is 9.47 Å². The first kappa shape index (κ1) is 22.0. The molecule has 0 aliphatic heterocycles. The summed E-state index contributed by atoms with van der Waals surface area (Å²) in [6, 6.07) is 7.58. The largest absolute Gasteiger partial charge is 0.497 e. The molecule has 1 aromatic carbocycles. The van der Waals surface area contributed by atoms with Crippen molar-refractivity contribution in [3.8, 4) is 5.75 Å². The van der Waals surface area contributed by atoms with E-state index in [2.05, 4.69) is 27.7 Å². The van der Waals surface area contributed by atoms with E-state index < -0.39 is 0 Å². The van der Waals surface area contributed by atoms with Gasteiger partial charge < -0.3 is 9.64 Å². The predicted octanol–water partition coefficient (Wildman–Crippen LogP) is 4.25. The third kappa shape index (κ3) is 5.37. The maximum absolute atomic E-state index is 13.1. The summed E-state index contributed by atoms with van der Waals surface area (Å²) in [6.45, 7) is 12.0. The highest BCUT2D eigenvalue weighted by Crippen LogP contribution is 2.22. The van der Waals surface area contributed by atoms with Gasteiger partial charge in [-0.1, -0.05) is 34.6 Å². The number of aryl methyl sites for hydroxylation is 1. The molecule has 0 bridgehead atoms. The van der Waals surface area contributed by atoms with Gasteiger partial charge in [0.15, 0.2) is 0 Å². The van der Waals surface area contributed by atoms with Gasteiger partial charge in [0.1, 0.15) is 12.3 Å². The van der Waals surface area contributed by atoms with Gasteiger partial charge in [0, 0.05) is 24.7 Å². The summed E-state index contributed by atoms with van der Waals surface area (Å²) >= 11 is 0. The lowest BCUT2D eigenvalue weighted by Crippen LogP contribution is -2.39. The predicted molar refractivity (Wildman–Crippen MR) is 115 cm³/mol. The van der Waals surface area contributed by atoms with Crippen molar-refractivity contribution in [2.45, 2.75) is 60.4 Å². The Bertz CT molecular complexity index is 878. The number of carbonyl (C=O) groups is 1. The Morgan fingerprint density at radius 3 is 2.43 bits per heavy atom. The maximum atomic E-state index is 13.1. The van der Waals surface area contributed by atoms with Crippen LogP contribution in [0.2, 0.25) is 0 Å². The second kappa shape index (κ2) is 9.26. The quantitative estimate of drug-likeness (QED) is 0.682. The summed E-state index contributed by atoms with van der Waals surface area (Å²) < 4.78 is 6.94. The lowest BCUT2D eigenvalue weighted by atomic mass is 9.92. The lowest BCUT2D eigenvalue weighted by Gasteiger charge is -2.27. The molecule has 0 aliphatic rings. The van der Waals surface area contributed by atoms with Gasteiger partial charge in [0.25, 0.3) is 5.56 Å². The van der Waals surface area contributed by atoms with Gasteiger partial charge in [-0.25, -0.2) is 0 Å². The van der Waals surface area contributed by atoms with Crippen LogP contribution < -0.4 is 10.3 Å². The third-order valence-electron chi connectivity index (χ3n) is 5.03. The number of hydrogen-bond acceptors (Lipinski definition) is 3. The molecule has 0 saturated heterocycles. The summed E-state index contributed by atoms with van der Waals surface area (Å²) in [7, 11) is 1.60. The summed E-state index contributed by atoms with van der Waals surface area (Å²) in [5.74, 6) is 0.668. The van der Waals surface area contributed by atoms with Gasteiger partial charge in [-0.15, -0.1) is 0 Å². The third-order valence-corrected chi connectivity index (χ3v) is 5.03. The van der Waals surface area contributed by atoms with E-state index in [-0.39, 0.29) is 23.4 Å². The average Bonchev–Trinajstić information content (AvgIpc) is 2.65. The van der Waals surface area contributed by atoms with Crippen molar-refractivity contribution in [3.63, 3.8) is 0 Å². The number of fused-ring (bicyclic) bond motifs is 1. The van der Waals surface area contributed by atoms with Crippen molar-refractivity contribution >= 4 is 16.8 Å². The molecular weight excluding hydrogens is 352 g/mol. The molecule has 0 radical (unpaired) electrons. The number of ether oxygens (including phenoxy) is 1. The van der Waals surface area contributed by atoms with Crippen LogP contribution in [0.4, 0.5) is 0 Å². The van der Waals surface area contributed by atoms with Crippen molar-refractivity contribution in [2.24, 2.45) is 5.41 Å². The van der Waals surface area contributed by atoms with E-state index in [9.17, 15) is 9.59 Å². The number of amides is 1. The summed E-state index contributed by atoms with van der Waals surface area (Å²) in [4.78, 5) is 28.0. The fourth-order valence-electron chi connectivity index (χ4n) is 3.29. The van der Waals surface area contributed by atoms with Crippen LogP contribution in [0, 0.1) is 5.41 Å². The molecule has 0 unspecified atom stereocenters. The first-order chi connectivity index (χ1) is 13.2. The number of methoxy groups -OCH3 is 1. The minimum Gasteiger partial charge on any atom is -0.497 e. The summed E-state index contributed by atoms with van der Waals surface area (Å²) in [5.41, 5.74) is 1.53. The topological polar surface area (TPSA) is 51.5 Å². The molecule has 0 aliphatic carbocycles. The van der Waals surface area contributed by atoms with E-state index >= 15 is 0 Å². The average molecular weight is 387 g/mol. The molecular formula is C23H34N2O3. The number of carbonyl (C=O) groups excluding carboxylic acids is 1. The van der Waals surface area contributed by atoms with Crippen LogP contribution in [0.3, 0.4) is 0 Å². The molecule has 0 saturated carbocycles. The van der Waals surface area contributed by atoms with Crippen LogP contribution in [0.1, 0.15) is 53.0 Å². The molecule has 28 heavy (non-hydrogen) atoms. The van der Waals surface area contributed by atoms with Gasteiger partial charge in [-0.3, -0.25) is 14.2 Å². The fraction of sp³-hybridized carbons (Fsp3) is 0.565. The Morgan fingerprint density at radius 1 is 1.14 bits per heavy atom. The van der Waals surface area contributed by atoms with Crippen molar-refractivity contribution < 1.29 is 9.53 Å². The fourth-order valence-corrected chi connectivity index (χ4v) is 3.29. The molecule has 154 valence electrons. The Morgan fingerprint density at radius 2 is 1.86 bits per heavy atom. The summed E-state index contributed by atoms with van der Waals surface area (Å²) in [5, 5.41) is 0.946. The number of aromatic nitrogens is 1. The van der Waals surface area contributed by atoms with E-state index in [4.69, 9.17) is 4.74 Å². The lowest BCUT2D eigenvalue weighted by molar-refractivity contribution is -0.132. The zero-order chi connectivity index (χ0) is 20.9. The molecule has 1 amide bonds.